The lowest BCUT2D eigenvalue weighted by Crippen LogP contribution is -2.49. The second kappa shape index (κ2) is 9.45. The summed E-state index contributed by atoms with van der Waals surface area (Å²) in [6, 6.07) is 10.7. The van der Waals surface area contributed by atoms with E-state index in [0.717, 1.165) is 43.8 Å². The summed E-state index contributed by atoms with van der Waals surface area (Å²) in [5, 5.41) is 3.52. The number of piperazine rings is 1. The van der Waals surface area contributed by atoms with Crippen LogP contribution in [0.2, 0.25) is 5.02 Å². The lowest BCUT2D eigenvalue weighted by atomic mass is 10.1. The molecule has 2 aromatic rings. The second-order valence-corrected chi connectivity index (χ2v) is 7.57. The molecule has 1 aliphatic heterocycles. The van der Waals surface area contributed by atoms with E-state index in [1.165, 1.54) is 17.7 Å². The molecule has 1 amide bonds. The quantitative estimate of drug-likeness (QED) is 0.794. The van der Waals surface area contributed by atoms with E-state index >= 15 is 0 Å². The number of nitrogens with one attached hydrogen (secondary N) is 1. The summed E-state index contributed by atoms with van der Waals surface area (Å²) >= 11 is 5.92. The van der Waals surface area contributed by atoms with Gasteiger partial charge in [0.2, 0.25) is 5.91 Å². The topological polar surface area (TPSA) is 35.6 Å². The standard InChI is InChI=1S/C21H24ClF2N3O/c1-15(19-7-6-18(23)12-20(19)24)25-21(28)14-27-10-8-26(9-11-27)13-16-2-4-17(22)5-3-16/h2-7,12,15H,8-11,13-14H2,1H3,(H,25,28)/t15-/m0/s1. The van der Waals surface area contributed by atoms with Crippen LogP contribution in [0.3, 0.4) is 0 Å². The molecule has 0 aromatic heterocycles. The molecule has 7 heteroatoms. The lowest BCUT2D eigenvalue weighted by molar-refractivity contribution is -0.123. The smallest absolute Gasteiger partial charge is 0.234 e. The molecular weight excluding hydrogens is 384 g/mol. The summed E-state index contributed by atoms with van der Waals surface area (Å²) < 4.78 is 26.9. The van der Waals surface area contributed by atoms with Gasteiger partial charge in [-0.3, -0.25) is 14.6 Å². The molecule has 0 aliphatic carbocycles. The van der Waals surface area contributed by atoms with Gasteiger partial charge in [-0.2, -0.15) is 0 Å². The highest BCUT2D eigenvalue weighted by molar-refractivity contribution is 6.30. The van der Waals surface area contributed by atoms with Crippen molar-refractivity contribution < 1.29 is 13.6 Å². The predicted octanol–water partition coefficient (Wildman–Crippen LogP) is 3.61. The number of halogens is 3. The number of hydrogen-bond acceptors (Lipinski definition) is 3. The highest BCUT2D eigenvalue weighted by Crippen LogP contribution is 2.18. The van der Waals surface area contributed by atoms with Crippen LogP contribution in [0.15, 0.2) is 42.5 Å². The second-order valence-electron chi connectivity index (χ2n) is 7.13. The maximum Gasteiger partial charge on any atom is 0.234 e. The molecule has 1 fully saturated rings. The van der Waals surface area contributed by atoms with Crippen molar-refractivity contribution in [2.75, 3.05) is 32.7 Å². The summed E-state index contributed by atoms with van der Waals surface area (Å²) in [6.07, 6.45) is 0. The fourth-order valence-electron chi connectivity index (χ4n) is 3.37. The Hall–Kier alpha value is -2.02. The van der Waals surface area contributed by atoms with Crippen LogP contribution < -0.4 is 5.32 Å². The first-order valence-corrected chi connectivity index (χ1v) is 9.72. The van der Waals surface area contributed by atoms with E-state index in [9.17, 15) is 13.6 Å². The zero-order chi connectivity index (χ0) is 20.1. The Balaban J connectivity index is 1.43. The third-order valence-corrected chi connectivity index (χ3v) is 5.21. The van der Waals surface area contributed by atoms with Crippen LogP contribution in [0.25, 0.3) is 0 Å². The average molecular weight is 408 g/mol. The fourth-order valence-corrected chi connectivity index (χ4v) is 3.50. The molecule has 3 rings (SSSR count). The van der Waals surface area contributed by atoms with Gasteiger partial charge in [-0.05, 0) is 30.7 Å². The number of carbonyl (C=O) groups excluding carboxylic acids is 1. The molecule has 0 saturated carbocycles. The number of rotatable bonds is 6. The van der Waals surface area contributed by atoms with E-state index in [-0.39, 0.29) is 18.0 Å². The SMILES string of the molecule is C[C@H](NC(=O)CN1CCN(Cc2ccc(Cl)cc2)CC1)c1ccc(F)cc1F. The van der Waals surface area contributed by atoms with Gasteiger partial charge >= 0.3 is 0 Å². The Bertz CT molecular complexity index is 808. The van der Waals surface area contributed by atoms with E-state index in [1.807, 2.05) is 24.3 Å². The van der Waals surface area contributed by atoms with Gasteiger partial charge in [0.1, 0.15) is 11.6 Å². The molecule has 28 heavy (non-hydrogen) atoms. The minimum absolute atomic E-state index is 0.164. The Kier molecular flexibility index (Phi) is 6.99. The van der Waals surface area contributed by atoms with Crippen molar-refractivity contribution >= 4 is 17.5 Å². The van der Waals surface area contributed by atoms with Crippen molar-refractivity contribution in [1.29, 1.82) is 0 Å². The predicted molar refractivity (Wildman–Crippen MR) is 106 cm³/mol. The van der Waals surface area contributed by atoms with E-state index in [4.69, 9.17) is 11.6 Å². The molecule has 1 heterocycles. The minimum Gasteiger partial charge on any atom is -0.348 e. The third kappa shape index (κ3) is 5.74. The summed E-state index contributed by atoms with van der Waals surface area (Å²) in [6.45, 7) is 6.15. The van der Waals surface area contributed by atoms with Gasteiger partial charge in [0.05, 0.1) is 12.6 Å². The van der Waals surface area contributed by atoms with Crippen LogP contribution in [-0.2, 0) is 11.3 Å². The molecule has 0 unspecified atom stereocenters. The first-order chi connectivity index (χ1) is 13.4. The van der Waals surface area contributed by atoms with Crippen molar-refractivity contribution in [2.45, 2.75) is 19.5 Å². The molecule has 150 valence electrons. The number of benzene rings is 2. The fraction of sp³-hybridized carbons (Fsp3) is 0.381. The summed E-state index contributed by atoms with van der Waals surface area (Å²) in [4.78, 5) is 16.7. The van der Waals surface area contributed by atoms with Gasteiger partial charge in [0.25, 0.3) is 0 Å². The Morgan fingerprint density at radius 1 is 1.07 bits per heavy atom. The Labute approximate surface area is 169 Å². The van der Waals surface area contributed by atoms with Crippen LogP contribution in [0, 0.1) is 11.6 Å². The molecule has 0 radical (unpaired) electrons. The summed E-state index contributed by atoms with van der Waals surface area (Å²) in [7, 11) is 0. The van der Waals surface area contributed by atoms with Gasteiger partial charge in [-0.1, -0.05) is 29.8 Å². The Morgan fingerprint density at radius 3 is 2.36 bits per heavy atom. The number of nitrogens with zero attached hydrogens (tertiary/aromatic N) is 2. The number of carbonyl (C=O) groups is 1. The maximum absolute atomic E-state index is 13.8. The van der Waals surface area contributed by atoms with Gasteiger partial charge in [0, 0.05) is 49.4 Å². The van der Waals surface area contributed by atoms with Crippen LogP contribution in [0.4, 0.5) is 8.78 Å². The van der Waals surface area contributed by atoms with Crippen molar-refractivity contribution in [1.82, 2.24) is 15.1 Å². The molecule has 1 N–H and O–H groups in total. The van der Waals surface area contributed by atoms with Crippen LogP contribution >= 0.6 is 11.6 Å². The summed E-state index contributed by atoms with van der Waals surface area (Å²) in [5.74, 6) is -1.44. The van der Waals surface area contributed by atoms with E-state index in [1.54, 1.807) is 6.92 Å². The first-order valence-electron chi connectivity index (χ1n) is 9.34. The zero-order valence-electron chi connectivity index (χ0n) is 15.8. The van der Waals surface area contributed by atoms with Crippen molar-refractivity contribution in [3.8, 4) is 0 Å². The normalized spacial score (nSPS) is 16.7. The molecule has 0 spiro atoms. The molecule has 1 atom stereocenters. The van der Waals surface area contributed by atoms with Crippen LogP contribution in [0.5, 0.6) is 0 Å². The summed E-state index contributed by atoms with van der Waals surface area (Å²) in [5.41, 5.74) is 1.49. The molecule has 1 aliphatic rings. The van der Waals surface area contributed by atoms with Crippen LogP contribution in [-0.4, -0.2) is 48.4 Å². The van der Waals surface area contributed by atoms with E-state index < -0.39 is 17.7 Å². The van der Waals surface area contributed by atoms with E-state index in [2.05, 4.69) is 15.1 Å². The monoisotopic (exact) mass is 407 g/mol. The largest absolute Gasteiger partial charge is 0.348 e. The van der Waals surface area contributed by atoms with Gasteiger partial charge < -0.3 is 5.32 Å². The average Bonchev–Trinajstić information content (AvgIpc) is 2.65. The molecule has 2 aromatic carbocycles. The highest BCUT2D eigenvalue weighted by Gasteiger charge is 2.20. The van der Waals surface area contributed by atoms with Gasteiger partial charge in [-0.15, -0.1) is 0 Å². The minimum atomic E-state index is -0.649. The first kappa shape index (κ1) is 20.7. The maximum atomic E-state index is 13.8. The third-order valence-electron chi connectivity index (χ3n) is 4.96. The molecule has 4 nitrogen and oxygen atoms in total. The van der Waals surface area contributed by atoms with Gasteiger partial charge in [-0.25, -0.2) is 8.78 Å². The highest BCUT2D eigenvalue weighted by atomic mass is 35.5. The lowest BCUT2D eigenvalue weighted by Gasteiger charge is -2.34. The molecule has 1 saturated heterocycles. The van der Waals surface area contributed by atoms with Crippen molar-refractivity contribution in [3.63, 3.8) is 0 Å². The van der Waals surface area contributed by atoms with E-state index in [0.29, 0.717) is 0 Å². The van der Waals surface area contributed by atoms with Crippen molar-refractivity contribution in [2.24, 2.45) is 0 Å². The molecule has 0 bridgehead atoms. The Morgan fingerprint density at radius 2 is 1.71 bits per heavy atom. The number of amides is 1. The van der Waals surface area contributed by atoms with Crippen LogP contribution in [0.1, 0.15) is 24.1 Å². The molecular formula is C21H24ClF2N3O. The van der Waals surface area contributed by atoms with Gasteiger partial charge in [0.15, 0.2) is 0 Å². The van der Waals surface area contributed by atoms with Crippen molar-refractivity contribution in [3.05, 3.63) is 70.2 Å². The zero-order valence-corrected chi connectivity index (χ0v) is 16.6. The number of hydrogen-bond donors (Lipinski definition) is 1.